The zero-order valence-electron chi connectivity index (χ0n) is 9.65. The van der Waals surface area contributed by atoms with E-state index >= 15 is 0 Å². The first-order chi connectivity index (χ1) is 7.41. The molecular weight excluding hydrogens is 190 g/mol. The van der Waals surface area contributed by atoms with Gasteiger partial charge in [-0.05, 0) is 58.4 Å². The van der Waals surface area contributed by atoms with Gasteiger partial charge in [0.1, 0.15) is 0 Å². The Kier molecular flexibility index (Phi) is 13.6. The van der Waals surface area contributed by atoms with Gasteiger partial charge in [-0.25, -0.2) is 5.43 Å². The van der Waals surface area contributed by atoms with E-state index in [2.05, 4.69) is 16.1 Å². The van der Waals surface area contributed by atoms with Crippen molar-refractivity contribution in [3.8, 4) is 0 Å². The Morgan fingerprint density at radius 1 is 0.733 bits per heavy atom. The van der Waals surface area contributed by atoms with Gasteiger partial charge in [-0.1, -0.05) is 0 Å². The standard InChI is InChI=1S/C10H26N5/c11-5-3-8-13-6-1-2-7-14-9-4-10-15-12/h12-15H,1-11H2. The number of unbranched alkanes of at least 4 members (excludes halogenated alkanes) is 1. The quantitative estimate of drug-likeness (QED) is 0.261. The van der Waals surface area contributed by atoms with E-state index in [1.165, 1.54) is 12.8 Å². The predicted molar refractivity (Wildman–Crippen MR) is 64.4 cm³/mol. The van der Waals surface area contributed by atoms with Crippen LogP contribution in [0.5, 0.6) is 0 Å². The van der Waals surface area contributed by atoms with E-state index in [4.69, 9.17) is 11.6 Å². The molecule has 0 atom stereocenters. The Morgan fingerprint density at radius 2 is 1.27 bits per heavy atom. The average Bonchev–Trinajstić information content (AvgIpc) is 2.26. The molecule has 91 valence electrons. The number of nitrogens with one attached hydrogen (secondary N) is 4. The number of hydrogen-bond donors (Lipinski definition) is 4. The van der Waals surface area contributed by atoms with Crippen molar-refractivity contribution in [3.63, 3.8) is 0 Å². The van der Waals surface area contributed by atoms with Crippen LogP contribution in [0.25, 0.3) is 0 Å². The van der Waals surface area contributed by atoms with E-state index in [0.717, 1.165) is 52.1 Å². The van der Waals surface area contributed by atoms with Crippen molar-refractivity contribution in [3.05, 3.63) is 0 Å². The van der Waals surface area contributed by atoms with Gasteiger partial charge in [-0.3, -0.25) is 0 Å². The van der Waals surface area contributed by atoms with Crippen LogP contribution in [0.4, 0.5) is 0 Å². The zero-order valence-corrected chi connectivity index (χ0v) is 9.65. The minimum absolute atomic E-state index is 0.771. The number of rotatable bonds is 12. The second-order valence-corrected chi connectivity index (χ2v) is 3.63. The van der Waals surface area contributed by atoms with Gasteiger partial charge in [0.05, 0.1) is 0 Å². The summed E-state index contributed by atoms with van der Waals surface area (Å²) in [5.41, 5.74) is 7.77. The van der Waals surface area contributed by atoms with Crippen molar-refractivity contribution in [1.82, 2.24) is 21.9 Å². The van der Waals surface area contributed by atoms with Crippen molar-refractivity contribution in [1.29, 1.82) is 0 Å². The van der Waals surface area contributed by atoms with Crippen LogP contribution in [0.3, 0.4) is 0 Å². The molecule has 0 aliphatic carbocycles. The summed E-state index contributed by atoms with van der Waals surface area (Å²) in [4.78, 5) is 0. The van der Waals surface area contributed by atoms with Crippen LogP contribution < -0.4 is 27.6 Å². The molecular formula is C10H26N5. The topological polar surface area (TPSA) is 85.9 Å². The lowest BCUT2D eigenvalue weighted by Crippen LogP contribution is -2.23. The Labute approximate surface area is 93.3 Å². The lowest BCUT2D eigenvalue weighted by Gasteiger charge is -2.05. The molecule has 0 unspecified atom stereocenters. The molecule has 0 aromatic carbocycles. The predicted octanol–water partition coefficient (Wildman–Crippen LogP) is -0.528. The smallest absolute Gasteiger partial charge is 0.0126 e. The van der Waals surface area contributed by atoms with Gasteiger partial charge >= 0.3 is 0 Å². The summed E-state index contributed by atoms with van der Waals surface area (Å²) in [6, 6.07) is 0. The molecule has 5 heteroatoms. The van der Waals surface area contributed by atoms with Crippen molar-refractivity contribution in [2.45, 2.75) is 25.7 Å². The highest BCUT2D eigenvalue weighted by Gasteiger charge is 1.90. The van der Waals surface area contributed by atoms with E-state index in [-0.39, 0.29) is 0 Å². The number of nitrogens with two attached hydrogens (primary N) is 1. The summed E-state index contributed by atoms with van der Waals surface area (Å²) in [6.07, 6.45) is 4.52. The van der Waals surface area contributed by atoms with Crippen molar-refractivity contribution < 1.29 is 0 Å². The van der Waals surface area contributed by atoms with E-state index in [1.807, 2.05) is 0 Å². The molecule has 0 fully saturated rings. The Bertz CT molecular complexity index is 98.0. The Hall–Kier alpha value is -0.200. The van der Waals surface area contributed by atoms with Gasteiger partial charge in [0.2, 0.25) is 0 Å². The number of hydrogen-bond acceptors (Lipinski definition) is 4. The maximum Gasteiger partial charge on any atom is 0.0126 e. The second kappa shape index (κ2) is 13.8. The molecule has 6 N–H and O–H groups in total. The summed E-state index contributed by atoms with van der Waals surface area (Å²) in [5.74, 6) is 6.73. The maximum absolute atomic E-state index is 6.73. The molecule has 15 heavy (non-hydrogen) atoms. The van der Waals surface area contributed by atoms with Gasteiger partial charge in [0.25, 0.3) is 0 Å². The van der Waals surface area contributed by atoms with Crippen LogP contribution in [0.15, 0.2) is 0 Å². The van der Waals surface area contributed by atoms with Gasteiger partial charge in [0.15, 0.2) is 0 Å². The Balaban J connectivity index is 2.81. The average molecular weight is 216 g/mol. The molecule has 0 saturated heterocycles. The fraction of sp³-hybridized carbons (Fsp3) is 1.00. The summed E-state index contributed by atoms with van der Waals surface area (Å²) in [5, 5.41) is 6.71. The Morgan fingerprint density at radius 3 is 1.80 bits per heavy atom. The van der Waals surface area contributed by atoms with Crippen LogP contribution >= 0.6 is 0 Å². The van der Waals surface area contributed by atoms with Gasteiger partial charge in [-0.15, -0.1) is 0 Å². The molecule has 0 bridgehead atoms. The second-order valence-electron chi connectivity index (χ2n) is 3.63. The van der Waals surface area contributed by atoms with Crippen LogP contribution in [-0.4, -0.2) is 39.3 Å². The molecule has 0 saturated carbocycles. The van der Waals surface area contributed by atoms with Crippen LogP contribution in [0.1, 0.15) is 25.7 Å². The first kappa shape index (κ1) is 14.8. The minimum Gasteiger partial charge on any atom is -0.330 e. The molecule has 0 aromatic rings. The molecule has 0 heterocycles. The van der Waals surface area contributed by atoms with Gasteiger partial charge < -0.3 is 16.4 Å². The molecule has 0 aromatic heterocycles. The monoisotopic (exact) mass is 216 g/mol. The highest BCUT2D eigenvalue weighted by molar-refractivity contribution is 4.53. The maximum atomic E-state index is 6.73. The van der Waals surface area contributed by atoms with Gasteiger partial charge in [-0.2, -0.15) is 5.84 Å². The molecule has 0 amide bonds. The molecule has 0 aliphatic rings. The summed E-state index contributed by atoms with van der Waals surface area (Å²) < 4.78 is 0. The van der Waals surface area contributed by atoms with E-state index in [0.29, 0.717) is 0 Å². The SMILES string of the molecule is [NH]NCCCNCCCCNCCCN. The van der Waals surface area contributed by atoms with Crippen molar-refractivity contribution in [2.75, 3.05) is 39.3 Å². The van der Waals surface area contributed by atoms with Gasteiger partial charge in [0, 0.05) is 6.54 Å². The highest BCUT2D eigenvalue weighted by atomic mass is 15.2. The van der Waals surface area contributed by atoms with E-state index in [1.54, 1.807) is 0 Å². The summed E-state index contributed by atoms with van der Waals surface area (Å²) in [6.45, 7) is 5.77. The van der Waals surface area contributed by atoms with Crippen molar-refractivity contribution in [2.24, 2.45) is 5.73 Å². The van der Waals surface area contributed by atoms with Crippen LogP contribution in [-0.2, 0) is 0 Å². The lowest BCUT2D eigenvalue weighted by atomic mass is 10.3. The minimum atomic E-state index is 0.771. The third kappa shape index (κ3) is 13.8. The molecule has 1 radical (unpaired) electrons. The van der Waals surface area contributed by atoms with E-state index < -0.39 is 0 Å². The highest BCUT2D eigenvalue weighted by Crippen LogP contribution is 1.85. The van der Waals surface area contributed by atoms with Crippen LogP contribution in [0.2, 0.25) is 0 Å². The third-order valence-electron chi connectivity index (χ3n) is 2.17. The first-order valence-electron chi connectivity index (χ1n) is 5.93. The summed E-state index contributed by atoms with van der Waals surface area (Å²) in [7, 11) is 0. The zero-order chi connectivity index (χ0) is 11.2. The largest absolute Gasteiger partial charge is 0.330 e. The van der Waals surface area contributed by atoms with Crippen molar-refractivity contribution >= 4 is 0 Å². The molecule has 0 rings (SSSR count). The fourth-order valence-corrected chi connectivity index (χ4v) is 1.28. The molecule has 0 aliphatic heterocycles. The molecule has 5 nitrogen and oxygen atoms in total. The van der Waals surface area contributed by atoms with Crippen LogP contribution in [0, 0.1) is 0 Å². The van der Waals surface area contributed by atoms with E-state index in [9.17, 15) is 0 Å². The third-order valence-corrected chi connectivity index (χ3v) is 2.17. The molecule has 0 spiro atoms. The normalized spacial score (nSPS) is 10.8. The fourth-order valence-electron chi connectivity index (χ4n) is 1.28. The summed E-state index contributed by atoms with van der Waals surface area (Å²) >= 11 is 0. The lowest BCUT2D eigenvalue weighted by molar-refractivity contribution is 0.557. The first-order valence-corrected chi connectivity index (χ1v) is 5.93.